The van der Waals surface area contributed by atoms with Crippen LogP contribution in [0.25, 0.3) is 0 Å². The molecule has 15 heavy (non-hydrogen) atoms. The monoisotopic (exact) mass is 232 g/mol. The van der Waals surface area contributed by atoms with Crippen LogP contribution >= 0.6 is 11.8 Å². The fourth-order valence-corrected chi connectivity index (χ4v) is 2.08. The maximum Gasteiger partial charge on any atom is 0.304 e. The van der Waals surface area contributed by atoms with Gasteiger partial charge < -0.3 is 5.11 Å². The Bertz CT molecular complexity index is 368. The molecule has 1 N–H and O–H groups in total. The van der Waals surface area contributed by atoms with Gasteiger partial charge in [-0.3, -0.25) is 4.79 Å². The van der Waals surface area contributed by atoms with E-state index in [4.69, 9.17) is 5.11 Å². The normalized spacial score (nSPS) is 12.5. The highest BCUT2D eigenvalue weighted by molar-refractivity contribution is 8.00. The highest BCUT2D eigenvalue weighted by Gasteiger charge is 2.10. The van der Waals surface area contributed by atoms with Crippen LogP contribution in [0.15, 0.2) is 23.1 Å². The largest absolute Gasteiger partial charge is 0.481 e. The molecule has 82 valence electrons. The van der Waals surface area contributed by atoms with E-state index in [1.165, 1.54) is 17.8 Å². The Hall–Kier alpha value is -1.10. The molecule has 1 aromatic rings. The summed E-state index contributed by atoms with van der Waals surface area (Å²) in [7, 11) is 0. The molecule has 0 saturated carbocycles. The highest BCUT2D eigenvalue weighted by atomic mass is 32.2. The van der Waals surface area contributed by atoms with Crippen molar-refractivity contribution in [2.75, 3.05) is 0 Å². The summed E-state index contributed by atoms with van der Waals surface area (Å²) in [6.07, 6.45) is -0.0103. The molecule has 0 bridgehead atoms. The fraction of sp³-hybridized carbons (Fsp3) is 0.300. The van der Waals surface area contributed by atoms with Gasteiger partial charge in [0.2, 0.25) is 0 Å². The van der Waals surface area contributed by atoms with Crippen molar-refractivity contribution >= 4 is 17.7 Å². The minimum Gasteiger partial charge on any atom is -0.481 e. The van der Waals surface area contributed by atoms with Crippen LogP contribution in [-0.4, -0.2) is 16.3 Å². The number of thioether (sulfide) groups is 1. The molecule has 0 heterocycles. The number of rotatable bonds is 4. The molecule has 5 heteroatoms. The molecule has 0 saturated heterocycles. The van der Waals surface area contributed by atoms with Crippen molar-refractivity contribution in [3.8, 4) is 0 Å². The van der Waals surface area contributed by atoms with Crippen LogP contribution in [0.4, 0.5) is 8.78 Å². The molecule has 0 aliphatic rings. The topological polar surface area (TPSA) is 37.3 Å². The first-order chi connectivity index (χ1) is 6.99. The lowest BCUT2D eigenvalue weighted by molar-refractivity contribution is -0.136. The minimum atomic E-state index is -0.914. The number of benzene rings is 1. The number of aliphatic carboxylic acids is 1. The van der Waals surface area contributed by atoms with Gasteiger partial charge in [0, 0.05) is 10.1 Å². The third-order valence-electron chi connectivity index (χ3n) is 1.69. The third-order valence-corrected chi connectivity index (χ3v) is 2.79. The maximum absolute atomic E-state index is 12.8. The van der Waals surface area contributed by atoms with Crippen molar-refractivity contribution < 1.29 is 18.7 Å². The number of halogens is 2. The molecule has 1 rings (SSSR count). The zero-order valence-electron chi connectivity index (χ0n) is 8.04. The van der Waals surface area contributed by atoms with E-state index in [0.29, 0.717) is 4.90 Å². The van der Waals surface area contributed by atoms with Crippen LogP contribution in [0.5, 0.6) is 0 Å². The van der Waals surface area contributed by atoms with Gasteiger partial charge in [0.1, 0.15) is 0 Å². The first kappa shape index (κ1) is 12.0. The molecule has 1 aromatic carbocycles. The molecular weight excluding hydrogens is 222 g/mol. The highest BCUT2D eigenvalue weighted by Crippen LogP contribution is 2.26. The van der Waals surface area contributed by atoms with E-state index in [9.17, 15) is 13.6 Å². The summed E-state index contributed by atoms with van der Waals surface area (Å²) in [6.45, 7) is 1.72. The summed E-state index contributed by atoms with van der Waals surface area (Å²) in [5.74, 6) is -2.72. The molecular formula is C10H10F2O2S. The van der Waals surface area contributed by atoms with E-state index in [1.54, 1.807) is 6.92 Å². The summed E-state index contributed by atoms with van der Waals surface area (Å²) in [5.41, 5.74) is 0. The van der Waals surface area contributed by atoms with Crippen molar-refractivity contribution in [2.45, 2.75) is 23.5 Å². The van der Waals surface area contributed by atoms with Crippen molar-refractivity contribution in [2.24, 2.45) is 0 Å². The maximum atomic E-state index is 12.8. The number of carboxylic acid groups (broad SMARTS) is 1. The Morgan fingerprint density at radius 1 is 1.47 bits per heavy atom. The smallest absolute Gasteiger partial charge is 0.304 e. The summed E-state index contributed by atoms with van der Waals surface area (Å²) >= 11 is 1.21. The molecule has 0 aliphatic carbocycles. The van der Waals surface area contributed by atoms with Crippen LogP contribution in [0, 0.1) is 11.6 Å². The molecule has 2 nitrogen and oxygen atoms in total. The average Bonchev–Trinajstić information content (AvgIpc) is 2.10. The van der Waals surface area contributed by atoms with Gasteiger partial charge in [0.15, 0.2) is 11.6 Å². The van der Waals surface area contributed by atoms with Crippen LogP contribution in [0.2, 0.25) is 0 Å². The minimum absolute atomic E-state index is 0.0103. The lowest BCUT2D eigenvalue weighted by Gasteiger charge is -2.08. The van der Waals surface area contributed by atoms with E-state index >= 15 is 0 Å². The van der Waals surface area contributed by atoms with Crippen LogP contribution < -0.4 is 0 Å². The van der Waals surface area contributed by atoms with Gasteiger partial charge in [-0.25, -0.2) is 8.78 Å². The molecule has 1 unspecified atom stereocenters. The Kier molecular flexibility index (Phi) is 4.08. The first-order valence-electron chi connectivity index (χ1n) is 4.32. The predicted molar refractivity (Wildman–Crippen MR) is 53.9 cm³/mol. The van der Waals surface area contributed by atoms with Gasteiger partial charge in [0.25, 0.3) is 0 Å². The molecule has 0 fully saturated rings. The van der Waals surface area contributed by atoms with E-state index in [1.807, 2.05) is 0 Å². The summed E-state index contributed by atoms with van der Waals surface area (Å²) in [4.78, 5) is 10.9. The standard InChI is InChI=1S/C10H10F2O2S/c1-6(4-10(13)14)15-7-2-3-8(11)9(12)5-7/h2-3,5-6H,4H2,1H3,(H,13,14). The fourth-order valence-electron chi connectivity index (χ4n) is 1.07. The molecule has 0 aromatic heterocycles. The van der Waals surface area contributed by atoms with Gasteiger partial charge >= 0.3 is 5.97 Å². The number of carboxylic acids is 1. The van der Waals surface area contributed by atoms with Crippen molar-refractivity contribution in [1.29, 1.82) is 0 Å². The van der Waals surface area contributed by atoms with Crippen LogP contribution in [0.3, 0.4) is 0 Å². The number of carbonyl (C=O) groups is 1. The van der Waals surface area contributed by atoms with Gasteiger partial charge in [-0.2, -0.15) is 0 Å². The molecule has 1 atom stereocenters. The molecule has 0 spiro atoms. The Morgan fingerprint density at radius 2 is 2.13 bits per heavy atom. The van der Waals surface area contributed by atoms with Crippen LogP contribution in [-0.2, 0) is 4.79 Å². The van der Waals surface area contributed by atoms with E-state index in [-0.39, 0.29) is 11.7 Å². The zero-order chi connectivity index (χ0) is 11.4. The molecule has 0 radical (unpaired) electrons. The predicted octanol–water partition coefficient (Wildman–Crippen LogP) is 2.92. The van der Waals surface area contributed by atoms with E-state index in [2.05, 4.69) is 0 Å². The third kappa shape index (κ3) is 3.87. The second kappa shape index (κ2) is 5.11. The lowest BCUT2D eigenvalue weighted by Crippen LogP contribution is -2.05. The molecule has 0 aliphatic heterocycles. The first-order valence-corrected chi connectivity index (χ1v) is 5.20. The Morgan fingerprint density at radius 3 is 2.67 bits per heavy atom. The zero-order valence-corrected chi connectivity index (χ0v) is 8.85. The van der Waals surface area contributed by atoms with Gasteiger partial charge in [0.05, 0.1) is 6.42 Å². The van der Waals surface area contributed by atoms with Crippen LogP contribution in [0.1, 0.15) is 13.3 Å². The van der Waals surface area contributed by atoms with Gasteiger partial charge in [-0.15, -0.1) is 11.8 Å². The SMILES string of the molecule is CC(CC(=O)O)Sc1ccc(F)c(F)c1. The van der Waals surface area contributed by atoms with Crippen molar-refractivity contribution in [3.63, 3.8) is 0 Å². The second-order valence-electron chi connectivity index (χ2n) is 3.10. The van der Waals surface area contributed by atoms with Crippen molar-refractivity contribution in [1.82, 2.24) is 0 Å². The van der Waals surface area contributed by atoms with E-state index < -0.39 is 17.6 Å². The second-order valence-corrected chi connectivity index (χ2v) is 4.61. The number of hydrogen-bond acceptors (Lipinski definition) is 2. The molecule has 0 amide bonds. The summed E-state index contributed by atoms with van der Waals surface area (Å²) in [6, 6.07) is 3.53. The lowest BCUT2D eigenvalue weighted by atomic mass is 10.3. The Balaban J connectivity index is 2.64. The van der Waals surface area contributed by atoms with E-state index in [0.717, 1.165) is 12.1 Å². The average molecular weight is 232 g/mol. The Labute approximate surface area is 90.3 Å². The van der Waals surface area contributed by atoms with Gasteiger partial charge in [-0.1, -0.05) is 6.92 Å². The summed E-state index contributed by atoms with van der Waals surface area (Å²) < 4.78 is 25.4. The summed E-state index contributed by atoms with van der Waals surface area (Å²) in [5, 5.41) is 8.34. The quantitative estimate of drug-likeness (QED) is 0.811. The van der Waals surface area contributed by atoms with Gasteiger partial charge in [-0.05, 0) is 18.2 Å². The number of hydrogen-bond donors (Lipinski definition) is 1. The van der Waals surface area contributed by atoms with Crippen molar-refractivity contribution in [3.05, 3.63) is 29.8 Å².